The van der Waals surface area contributed by atoms with E-state index in [1.807, 2.05) is 6.07 Å². The maximum absolute atomic E-state index is 12.4. The minimum atomic E-state index is -0.618. The van der Waals surface area contributed by atoms with Crippen LogP contribution in [0.2, 0.25) is 5.15 Å². The molecule has 0 aromatic carbocycles. The summed E-state index contributed by atoms with van der Waals surface area (Å²) >= 11 is 12.0. The number of pyridine rings is 1. The molecule has 2 heterocycles. The lowest BCUT2D eigenvalue weighted by atomic mass is 10.2. The number of carbonyl (C=O) groups excluding carboxylic acids is 1. The number of anilines is 1. The second-order valence-corrected chi connectivity index (χ2v) is 6.52. The van der Waals surface area contributed by atoms with Gasteiger partial charge in [0.1, 0.15) is 11.3 Å². The van der Waals surface area contributed by atoms with Crippen molar-refractivity contribution in [2.24, 2.45) is 0 Å². The number of ether oxygens (including phenoxy) is 1. The van der Waals surface area contributed by atoms with Gasteiger partial charge in [-0.1, -0.05) is 11.6 Å². The number of hydrogen-bond acceptors (Lipinski definition) is 4. The Morgan fingerprint density at radius 3 is 2.74 bits per heavy atom. The predicted molar refractivity (Wildman–Crippen MR) is 90.7 cm³/mol. The van der Waals surface area contributed by atoms with Gasteiger partial charge in [0.2, 0.25) is 0 Å². The summed E-state index contributed by atoms with van der Waals surface area (Å²) in [6, 6.07) is 3.62. The Hall–Kier alpha value is -1.79. The van der Waals surface area contributed by atoms with E-state index in [0.29, 0.717) is 5.69 Å². The molecular weight excluding hydrogens is 339 g/mol. The Kier molecular flexibility index (Phi) is 5.49. The van der Waals surface area contributed by atoms with Crippen LogP contribution >= 0.6 is 23.2 Å². The summed E-state index contributed by atoms with van der Waals surface area (Å²) < 4.78 is 6.95. The van der Waals surface area contributed by atoms with Crippen molar-refractivity contribution in [3.8, 4) is 5.69 Å². The first-order valence-electron chi connectivity index (χ1n) is 7.04. The van der Waals surface area contributed by atoms with Crippen molar-refractivity contribution >= 4 is 35.0 Å². The van der Waals surface area contributed by atoms with E-state index in [9.17, 15) is 4.79 Å². The first kappa shape index (κ1) is 17.6. The maximum atomic E-state index is 12.4. The van der Waals surface area contributed by atoms with E-state index in [1.54, 1.807) is 50.1 Å². The molecule has 8 heteroatoms. The van der Waals surface area contributed by atoms with Crippen molar-refractivity contribution in [2.75, 3.05) is 17.3 Å². The molecule has 0 aliphatic carbocycles. The van der Waals surface area contributed by atoms with Crippen LogP contribution in [0, 0.1) is 0 Å². The van der Waals surface area contributed by atoms with Gasteiger partial charge in [-0.2, -0.15) is 5.10 Å². The summed E-state index contributed by atoms with van der Waals surface area (Å²) in [5.41, 5.74) is 0.550. The minimum absolute atomic E-state index is 0.185. The van der Waals surface area contributed by atoms with E-state index in [4.69, 9.17) is 27.9 Å². The Balaban J connectivity index is 2.33. The van der Waals surface area contributed by atoms with Crippen LogP contribution in [-0.2, 0) is 4.74 Å². The third-order valence-electron chi connectivity index (χ3n) is 2.77. The Bertz CT molecular complexity index is 668. The third kappa shape index (κ3) is 4.59. The number of carbonyl (C=O) groups is 1. The first-order valence-corrected chi connectivity index (χ1v) is 7.95. The molecule has 1 amide bonds. The number of amides is 1. The highest BCUT2D eigenvalue weighted by molar-refractivity contribution is 6.32. The Morgan fingerprint density at radius 1 is 1.43 bits per heavy atom. The second-order valence-electron chi connectivity index (χ2n) is 5.78. The number of halogens is 2. The number of nitrogens with zero attached hydrogens (tertiary/aromatic N) is 4. The molecule has 0 radical (unpaired) electrons. The van der Waals surface area contributed by atoms with Crippen LogP contribution < -0.4 is 4.90 Å². The molecule has 124 valence electrons. The largest absolute Gasteiger partial charge is 0.443 e. The Morgan fingerprint density at radius 2 is 2.17 bits per heavy atom. The molecule has 0 saturated heterocycles. The van der Waals surface area contributed by atoms with Crippen molar-refractivity contribution in [1.29, 1.82) is 0 Å². The molecule has 0 unspecified atom stereocenters. The summed E-state index contributed by atoms with van der Waals surface area (Å²) in [6.07, 6.45) is 4.43. The van der Waals surface area contributed by atoms with Crippen molar-refractivity contribution in [3.05, 3.63) is 35.9 Å². The first-order chi connectivity index (χ1) is 10.8. The summed E-state index contributed by atoms with van der Waals surface area (Å²) in [4.78, 5) is 17.8. The molecule has 2 aromatic rings. The van der Waals surface area contributed by atoms with Crippen molar-refractivity contribution in [2.45, 2.75) is 26.4 Å². The normalized spacial score (nSPS) is 11.3. The van der Waals surface area contributed by atoms with E-state index in [2.05, 4.69) is 10.1 Å². The number of rotatable bonds is 4. The highest BCUT2D eigenvalue weighted by Crippen LogP contribution is 2.27. The van der Waals surface area contributed by atoms with Gasteiger partial charge < -0.3 is 4.74 Å². The molecule has 2 aromatic heterocycles. The molecule has 23 heavy (non-hydrogen) atoms. The summed E-state index contributed by atoms with van der Waals surface area (Å²) in [5, 5.41) is 4.40. The summed E-state index contributed by atoms with van der Waals surface area (Å²) in [5.74, 6) is 0.244. The van der Waals surface area contributed by atoms with E-state index < -0.39 is 11.7 Å². The quantitative estimate of drug-likeness (QED) is 0.779. The molecule has 6 nitrogen and oxygen atoms in total. The minimum Gasteiger partial charge on any atom is -0.443 e. The van der Waals surface area contributed by atoms with E-state index in [1.165, 1.54) is 4.90 Å². The number of alkyl halides is 1. The SMILES string of the molecule is CC(C)(C)OC(=O)N(CCCl)c1cn(-c2cccnc2)nc1Cl. The van der Waals surface area contributed by atoms with Crippen molar-refractivity contribution in [1.82, 2.24) is 14.8 Å². The second kappa shape index (κ2) is 7.19. The van der Waals surface area contributed by atoms with Crippen LogP contribution in [0.5, 0.6) is 0 Å². The fraction of sp³-hybridized carbons (Fsp3) is 0.400. The van der Waals surface area contributed by atoms with Gasteiger partial charge in [0.15, 0.2) is 5.15 Å². The zero-order valence-corrected chi connectivity index (χ0v) is 14.7. The molecule has 0 aliphatic heterocycles. The van der Waals surface area contributed by atoms with Gasteiger partial charge in [-0.15, -0.1) is 11.6 Å². The number of aromatic nitrogens is 3. The molecule has 2 rings (SSSR count). The van der Waals surface area contributed by atoms with Crippen LogP contribution in [-0.4, -0.2) is 38.9 Å². The molecule has 0 fully saturated rings. The average molecular weight is 357 g/mol. The average Bonchev–Trinajstić information content (AvgIpc) is 2.85. The molecule has 0 spiro atoms. The van der Waals surface area contributed by atoms with Gasteiger partial charge in [-0.05, 0) is 32.9 Å². The molecular formula is C15H18Cl2N4O2. The number of hydrogen-bond donors (Lipinski definition) is 0. The van der Waals surface area contributed by atoms with Gasteiger partial charge in [0.25, 0.3) is 0 Å². The third-order valence-corrected chi connectivity index (χ3v) is 3.21. The van der Waals surface area contributed by atoms with Gasteiger partial charge in [0.05, 0.1) is 18.1 Å². The molecule has 0 atom stereocenters. The topological polar surface area (TPSA) is 60.2 Å². The van der Waals surface area contributed by atoms with Crippen molar-refractivity contribution < 1.29 is 9.53 Å². The summed E-state index contributed by atoms with van der Waals surface area (Å²) in [7, 11) is 0. The van der Waals surface area contributed by atoms with Gasteiger partial charge >= 0.3 is 6.09 Å². The van der Waals surface area contributed by atoms with Crippen LogP contribution in [0.1, 0.15) is 20.8 Å². The van der Waals surface area contributed by atoms with E-state index in [-0.39, 0.29) is 17.6 Å². The van der Waals surface area contributed by atoms with Crippen LogP contribution in [0.4, 0.5) is 10.5 Å². The standard InChI is InChI=1S/C15H18Cl2N4O2/c1-15(2,3)23-14(22)20(8-6-16)12-10-21(19-13(12)17)11-5-4-7-18-9-11/h4-5,7,9-10H,6,8H2,1-3H3. The zero-order chi connectivity index (χ0) is 17.0. The van der Waals surface area contributed by atoms with E-state index >= 15 is 0 Å². The molecule has 0 saturated carbocycles. The van der Waals surface area contributed by atoms with Gasteiger partial charge in [-0.3, -0.25) is 9.88 Å². The fourth-order valence-electron chi connectivity index (χ4n) is 1.86. The zero-order valence-electron chi connectivity index (χ0n) is 13.2. The van der Waals surface area contributed by atoms with Crippen molar-refractivity contribution in [3.63, 3.8) is 0 Å². The molecule has 0 N–H and O–H groups in total. The predicted octanol–water partition coefficient (Wildman–Crippen LogP) is 3.90. The monoisotopic (exact) mass is 356 g/mol. The lowest BCUT2D eigenvalue weighted by Crippen LogP contribution is -2.38. The smallest absolute Gasteiger partial charge is 0.414 e. The van der Waals surface area contributed by atoms with Crippen LogP contribution in [0.15, 0.2) is 30.7 Å². The van der Waals surface area contributed by atoms with Crippen LogP contribution in [0.3, 0.4) is 0 Å². The lowest BCUT2D eigenvalue weighted by molar-refractivity contribution is 0.0582. The Labute approximate surface area is 145 Å². The lowest BCUT2D eigenvalue weighted by Gasteiger charge is -2.26. The molecule has 0 bridgehead atoms. The fourth-order valence-corrected chi connectivity index (χ4v) is 2.26. The maximum Gasteiger partial charge on any atom is 0.414 e. The summed E-state index contributed by atoms with van der Waals surface area (Å²) in [6.45, 7) is 5.65. The van der Waals surface area contributed by atoms with Gasteiger partial charge in [0, 0.05) is 18.6 Å². The van der Waals surface area contributed by atoms with E-state index in [0.717, 1.165) is 5.69 Å². The highest BCUT2D eigenvalue weighted by Gasteiger charge is 2.26. The van der Waals surface area contributed by atoms with Gasteiger partial charge in [-0.25, -0.2) is 9.48 Å². The molecule has 0 aliphatic rings. The van der Waals surface area contributed by atoms with Crippen LogP contribution in [0.25, 0.3) is 5.69 Å². The highest BCUT2D eigenvalue weighted by atomic mass is 35.5.